The van der Waals surface area contributed by atoms with E-state index in [9.17, 15) is 4.79 Å². The van der Waals surface area contributed by atoms with Crippen molar-refractivity contribution in [3.8, 4) is 0 Å². The van der Waals surface area contributed by atoms with Crippen LogP contribution in [0.4, 0.5) is 0 Å². The molecule has 0 aromatic heterocycles. The number of benzene rings is 1. The Morgan fingerprint density at radius 2 is 2.12 bits per heavy atom. The number of ether oxygens (including phenoxy) is 1. The van der Waals surface area contributed by atoms with Crippen molar-refractivity contribution in [1.82, 2.24) is 4.90 Å². The van der Waals surface area contributed by atoms with E-state index < -0.39 is 5.54 Å². The third-order valence-corrected chi connectivity index (χ3v) is 6.90. The minimum Gasteiger partial charge on any atom is -0.381 e. The second kappa shape index (κ2) is 5.81. The molecule has 3 aliphatic rings. The zero-order valence-corrected chi connectivity index (χ0v) is 16.3. The fourth-order valence-corrected chi connectivity index (χ4v) is 5.50. The predicted octanol–water partition coefficient (Wildman–Crippen LogP) is 2.95. The largest absolute Gasteiger partial charge is 0.381 e. The molecule has 0 saturated heterocycles. The van der Waals surface area contributed by atoms with Crippen molar-refractivity contribution >= 4 is 27.8 Å². The van der Waals surface area contributed by atoms with Gasteiger partial charge in [0, 0.05) is 23.5 Å². The quantitative estimate of drug-likeness (QED) is 0.821. The molecule has 1 atom stereocenters. The predicted molar refractivity (Wildman–Crippen MR) is 100 cm³/mol. The van der Waals surface area contributed by atoms with Crippen LogP contribution < -0.4 is 5.73 Å². The van der Waals surface area contributed by atoms with Crippen LogP contribution in [0.2, 0.25) is 0 Å². The van der Waals surface area contributed by atoms with E-state index in [1.807, 2.05) is 6.92 Å². The van der Waals surface area contributed by atoms with E-state index in [-0.39, 0.29) is 17.4 Å². The lowest BCUT2D eigenvalue weighted by molar-refractivity contribution is -0.138. The van der Waals surface area contributed by atoms with Gasteiger partial charge in [-0.15, -0.1) is 0 Å². The topological polar surface area (TPSA) is 67.9 Å². The molecule has 25 heavy (non-hydrogen) atoms. The van der Waals surface area contributed by atoms with Gasteiger partial charge in [-0.05, 0) is 62.3 Å². The van der Waals surface area contributed by atoms with Gasteiger partial charge >= 0.3 is 0 Å². The molecule has 1 unspecified atom stereocenters. The highest BCUT2D eigenvalue weighted by molar-refractivity contribution is 9.10. The highest BCUT2D eigenvalue weighted by Gasteiger charge is 2.66. The molecule has 1 saturated carbocycles. The highest BCUT2D eigenvalue weighted by Crippen LogP contribution is 2.62. The summed E-state index contributed by atoms with van der Waals surface area (Å²) in [6.07, 6.45) is 4.94. The summed E-state index contributed by atoms with van der Waals surface area (Å²) in [4.78, 5) is 20.1. The number of halogens is 1. The summed E-state index contributed by atoms with van der Waals surface area (Å²) >= 11 is 3.57. The summed E-state index contributed by atoms with van der Waals surface area (Å²) in [7, 11) is 1.77. The van der Waals surface area contributed by atoms with Crippen LogP contribution in [0, 0.1) is 5.41 Å². The van der Waals surface area contributed by atoms with E-state index in [1.54, 1.807) is 12.0 Å². The zero-order chi connectivity index (χ0) is 17.8. The molecule has 1 fully saturated rings. The lowest BCUT2D eigenvalue weighted by Gasteiger charge is -2.45. The Balaban J connectivity index is 1.88. The molecular weight excluding hydrogens is 382 g/mol. The molecule has 134 valence electrons. The average molecular weight is 406 g/mol. The van der Waals surface area contributed by atoms with Crippen LogP contribution in [0.1, 0.15) is 43.7 Å². The number of nitrogens with two attached hydrogens (primary N) is 1. The SMILES string of the molecule is CCN1C(=O)C2(N=C1N)c1cc(Br)ccc1CC21CCC(OC)CC1. The van der Waals surface area contributed by atoms with Crippen LogP contribution in [0.3, 0.4) is 0 Å². The van der Waals surface area contributed by atoms with E-state index in [1.165, 1.54) is 5.56 Å². The molecule has 1 amide bonds. The number of carbonyl (C=O) groups excluding carboxylic acids is 1. The van der Waals surface area contributed by atoms with E-state index >= 15 is 0 Å². The third kappa shape index (κ3) is 2.16. The normalized spacial score (nSPS) is 34.0. The zero-order valence-electron chi connectivity index (χ0n) is 14.7. The number of carbonyl (C=O) groups is 1. The van der Waals surface area contributed by atoms with Gasteiger partial charge in [-0.1, -0.05) is 22.0 Å². The Morgan fingerprint density at radius 3 is 2.72 bits per heavy atom. The Labute approximate surface area is 156 Å². The van der Waals surface area contributed by atoms with Gasteiger partial charge in [-0.2, -0.15) is 0 Å². The number of nitrogens with zero attached hydrogens (tertiary/aromatic N) is 2. The van der Waals surface area contributed by atoms with E-state index in [0.717, 1.165) is 42.1 Å². The van der Waals surface area contributed by atoms with Crippen molar-refractivity contribution in [2.24, 2.45) is 16.1 Å². The van der Waals surface area contributed by atoms with Gasteiger partial charge in [0.1, 0.15) is 0 Å². The highest BCUT2D eigenvalue weighted by atomic mass is 79.9. The molecule has 5 nitrogen and oxygen atoms in total. The van der Waals surface area contributed by atoms with Crippen molar-refractivity contribution in [3.63, 3.8) is 0 Å². The van der Waals surface area contributed by atoms with Crippen LogP contribution in [0.5, 0.6) is 0 Å². The summed E-state index contributed by atoms with van der Waals surface area (Å²) in [6.45, 7) is 2.50. The molecule has 4 rings (SSSR count). The number of hydrogen-bond acceptors (Lipinski definition) is 4. The molecule has 2 spiro atoms. The van der Waals surface area contributed by atoms with Crippen LogP contribution >= 0.6 is 15.9 Å². The summed E-state index contributed by atoms with van der Waals surface area (Å²) < 4.78 is 6.54. The first-order valence-corrected chi connectivity index (χ1v) is 9.76. The molecule has 6 heteroatoms. The van der Waals surface area contributed by atoms with Crippen LogP contribution in [0.15, 0.2) is 27.7 Å². The fraction of sp³-hybridized carbons (Fsp3) is 0.579. The summed E-state index contributed by atoms with van der Waals surface area (Å²) in [5.74, 6) is 0.397. The molecule has 2 N–H and O–H groups in total. The number of aliphatic imine (C=N–C) groups is 1. The Bertz CT molecular complexity index is 755. The standard InChI is InChI=1S/C19H24BrN3O2/c1-3-23-16(24)19(22-17(23)21)15-10-13(20)5-4-12(15)11-18(19)8-6-14(25-2)7-9-18/h4-5,10,14H,3,6-9,11H2,1-2H3,(H2,21,22). The summed E-state index contributed by atoms with van der Waals surface area (Å²) in [5.41, 5.74) is 7.38. The molecule has 1 heterocycles. The Morgan fingerprint density at radius 1 is 1.40 bits per heavy atom. The smallest absolute Gasteiger partial charge is 0.262 e. The van der Waals surface area contributed by atoms with E-state index in [0.29, 0.717) is 12.5 Å². The fourth-order valence-electron chi connectivity index (χ4n) is 5.14. The first-order chi connectivity index (χ1) is 12.0. The van der Waals surface area contributed by atoms with Crippen LogP contribution in [-0.4, -0.2) is 36.5 Å². The maximum absolute atomic E-state index is 13.6. The Kier molecular flexibility index (Phi) is 3.96. The second-order valence-electron chi connectivity index (χ2n) is 7.42. The number of fused-ring (bicyclic) bond motifs is 3. The minimum absolute atomic E-state index is 0.0419. The number of hydrogen-bond donors (Lipinski definition) is 1. The van der Waals surface area contributed by atoms with Crippen molar-refractivity contribution < 1.29 is 9.53 Å². The Hall–Kier alpha value is -1.40. The van der Waals surface area contributed by atoms with Gasteiger partial charge in [0.25, 0.3) is 5.91 Å². The molecule has 1 aromatic carbocycles. The molecule has 0 bridgehead atoms. The second-order valence-corrected chi connectivity index (χ2v) is 8.34. The first kappa shape index (κ1) is 17.0. The van der Waals surface area contributed by atoms with Crippen molar-refractivity contribution in [1.29, 1.82) is 0 Å². The maximum atomic E-state index is 13.6. The molecule has 1 aromatic rings. The van der Waals surface area contributed by atoms with Gasteiger partial charge in [-0.25, -0.2) is 4.99 Å². The van der Waals surface area contributed by atoms with E-state index in [4.69, 9.17) is 15.5 Å². The molecular formula is C19H24BrN3O2. The van der Waals surface area contributed by atoms with Crippen molar-refractivity contribution in [3.05, 3.63) is 33.8 Å². The van der Waals surface area contributed by atoms with E-state index in [2.05, 4.69) is 34.1 Å². The maximum Gasteiger partial charge on any atom is 0.262 e. The number of methoxy groups -OCH3 is 1. The average Bonchev–Trinajstić information content (AvgIpc) is 3.02. The number of rotatable bonds is 2. The van der Waals surface area contributed by atoms with Crippen LogP contribution in [-0.2, 0) is 21.5 Å². The lowest BCUT2D eigenvalue weighted by Crippen LogP contribution is -2.52. The van der Waals surface area contributed by atoms with Gasteiger partial charge in [0.05, 0.1) is 6.10 Å². The minimum atomic E-state index is -0.870. The first-order valence-electron chi connectivity index (χ1n) is 8.96. The van der Waals surface area contributed by atoms with Crippen molar-refractivity contribution in [2.75, 3.05) is 13.7 Å². The summed E-state index contributed by atoms with van der Waals surface area (Å²) in [6, 6.07) is 6.25. The van der Waals surface area contributed by atoms with Gasteiger partial charge in [0.2, 0.25) is 0 Å². The van der Waals surface area contributed by atoms with Gasteiger partial charge in [0.15, 0.2) is 11.5 Å². The van der Waals surface area contributed by atoms with Crippen molar-refractivity contribution in [2.45, 2.75) is 50.7 Å². The summed E-state index contributed by atoms with van der Waals surface area (Å²) in [5, 5.41) is 0. The number of likely N-dealkylation sites (N-methyl/N-ethyl adjacent to an activating group) is 1. The van der Waals surface area contributed by atoms with Gasteiger partial charge < -0.3 is 10.5 Å². The number of amides is 1. The third-order valence-electron chi connectivity index (χ3n) is 6.41. The molecule has 1 aliphatic heterocycles. The monoisotopic (exact) mass is 405 g/mol. The van der Waals surface area contributed by atoms with Crippen LogP contribution in [0.25, 0.3) is 0 Å². The lowest BCUT2D eigenvalue weighted by atomic mass is 9.61. The molecule has 2 aliphatic carbocycles. The molecule has 0 radical (unpaired) electrons. The van der Waals surface area contributed by atoms with Gasteiger partial charge in [-0.3, -0.25) is 9.69 Å². The number of guanidine groups is 1.